The molecule has 2 aromatic rings. The molecule has 38 heavy (non-hydrogen) atoms. The molecule has 1 amide bonds. The number of halogens is 2. The van der Waals surface area contributed by atoms with E-state index in [2.05, 4.69) is 4.90 Å². The van der Waals surface area contributed by atoms with Gasteiger partial charge in [-0.15, -0.1) is 0 Å². The summed E-state index contributed by atoms with van der Waals surface area (Å²) >= 11 is 0. The molecule has 8 heteroatoms. The van der Waals surface area contributed by atoms with Gasteiger partial charge in [-0.25, -0.2) is 18.4 Å². The zero-order chi connectivity index (χ0) is 27.4. The molecule has 6 nitrogen and oxygen atoms in total. The van der Waals surface area contributed by atoms with Gasteiger partial charge in [0.2, 0.25) is 0 Å². The van der Waals surface area contributed by atoms with Crippen LogP contribution in [0.5, 0.6) is 0 Å². The molecule has 2 fully saturated rings. The number of nitrogens with zero attached hydrogens (tertiary/aromatic N) is 2. The minimum absolute atomic E-state index is 0.0118. The molecular formula is C30H38F2N2O4. The Hall–Kier alpha value is -3.00. The fourth-order valence-electron chi connectivity index (χ4n) is 5.28. The number of carbonyl (C=O) groups is 2. The molecule has 2 aliphatic rings. The third-order valence-corrected chi connectivity index (χ3v) is 7.46. The number of carboxylic acid groups (broad SMARTS) is 1. The lowest BCUT2D eigenvalue weighted by atomic mass is 9.95. The fourth-order valence-corrected chi connectivity index (χ4v) is 5.28. The summed E-state index contributed by atoms with van der Waals surface area (Å²) in [7, 11) is 0. The minimum atomic E-state index is -0.911. The van der Waals surface area contributed by atoms with Crippen LogP contribution in [-0.4, -0.2) is 64.8 Å². The monoisotopic (exact) mass is 528 g/mol. The molecule has 0 bridgehead atoms. The zero-order valence-electron chi connectivity index (χ0n) is 22.5. The molecule has 1 saturated heterocycles. The van der Waals surface area contributed by atoms with Crippen molar-refractivity contribution in [2.45, 2.75) is 70.4 Å². The van der Waals surface area contributed by atoms with Crippen LogP contribution in [0.2, 0.25) is 0 Å². The summed E-state index contributed by atoms with van der Waals surface area (Å²) in [6.45, 7) is 9.04. The van der Waals surface area contributed by atoms with Crippen LogP contribution in [-0.2, 0) is 11.2 Å². The third kappa shape index (κ3) is 7.53. The molecule has 0 aromatic heterocycles. The van der Waals surface area contributed by atoms with Gasteiger partial charge in [-0.1, -0.05) is 18.2 Å². The second-order valence-corrected chi connectivity index (χ2v) is 11.6. The number of piperidine rings is 1. The van der Waals surface area contributed by atoms with Crippen LogP contribution >= 0.6 is 0 Å². The van der Waals surface area contributed by atoms with Gasteiger partial charge in [-0.2, -0.15) is 0 Å². The van der Waals surface area contributed by atoms with Gasteiger partial charge >= 0.3 is 12.1 Å². The molecule has 0 radical (unpaired) electrons. The summed E-state index contributed by atoms with van der Waals surface area (Å²) in [6.07, 6.45) is 4.24. The standard InChI is InChI=1S/C30H38F2N2O4/c1-30(2,3)38-29(37)34(27-18-24(27)23-10-11-25(31)26(32)17-23)19-21-12-15-33(16-13-21)14-4-5-20-6-8-22(9-7-20)28(35)36/h6-11,17,21,24,27H,4-5,12-16,18-19H2,1-3H3,(H,35,36). The number of rotatable bonds is 9. The number of benzene rings is 2. The maximum atomic E-state index is 13.8. The second kappa shape index (κ2) is 11.8. The molecule has 1 aliphatic carbocycles. The van der Waals surface area contributed by atoms with Crippen molar-refractivity contribution in [3.05, 3.63) is 70.8 Å². The van der Waals surface area contributed by atoms with E-state index in [-0.39, 0.29) is 18.1 Å². The lowest BCUT2D eigenvalue weighted by molar-refractivity contribution is 0.0171. The number of likely N-dealkylation sites (tertiary alicyclic amines) is 1. The summed E-state index contributed by atoms with van der Waals surface area (Å²) in [4.78, 5) is 28.4. The fraction of sp³-hybridized carbons (Fsp3) is 0.533. The van der Waals surface area contributed by atoms with Gasteiger partial charge in [-0.05, 0) is 114 Å². The average molecular weight is 529 g/mol. The molecule has 1 N–H and O–H groups in total. The first-order chi connectivity index (χ1) is 18.0. The largest absolute Gasteiger partial charge is 0.478 e. The number of amides is 1. The van der Waals surface area contributed by atoms with Crippen molar-refractivity contribution in [2.75, 3.05) is 26.2 Å². The molecule has 206 valence electrons. The van der Waals surface area contributed by atoms with Crippen LogP contribution in [0, 0.1) is 17.6 Å². The summed E-state index contributed by atoms with van der Waals surface area (Å²) in [6, 6.07) is 11.0. The average Bonchev–Trinajstić information content (AvgIpc) is 3.65. The van der Waals surface area contributed by atoms with Crippen LogP contribution < -0.4 is 0 Å². The Kier molecular flexibility index (Phi) is 8.71. The molecule has 2 unspecified atom stereocenters. The zero-order valence-corrected chi connectivity index (χ0v) is 22.5. The summed E-state index contributed by atoms with van der Waals surface area (Å²) in [5, 5.41) is 9.03. The van der Waals surface area contributed by atoms with E-state index in [1.54, 1.807) is 18.2 Å². The van der Waals surface area contributed by atoms with Gasteiger partial charge in [0.15, 0.2) is 11.6 Å². The Labute approximate surface area is 223 Å². The number of aromatic carboxylic acids is 1. The third-order valence-electron chi connectivity index (χ3n) is 7.46. The number of hydrogen-bond acceptors (Lipinski definition) is 4. The van der Waals surface area contributed by atoms with Crippen LogP contribution in [0.1, 0.15) is 73.9 Å². The van der Waals surface area contributed by atoms with Crippen molar-refractivity contribution in [1.29, 1.82) is 0 Å². The van der Waals surface area contributed by atoms with E-state index in [1.165, 1.54) is 6.07 Å². The number of carbonyl (C=O) groups excluding carboxylic acids is 1. The highest BCUT2D eigenvalue weighted by molar-refractivity contribution is 5.87. The van der Waals surface area contributed by atoms with Gasteiger partial charge in [0.1, 0.15) is 5.60 Å². The highest BCUT2D eigenvalue weighted by atomic mass is 19.2. The van der Waals surface area contributed by atoms with Crippen LogP contribution in [0.25, 0.3) is 0 Å². The maximum Gasteiger partial charge on any atom is 0.410 e. The van der Waals surface area contributed by atoms with E-state index < -0.39 is 23.2 Å². The van der Waals surface area contributed by atoms with E-state index in [4.69, 9.17) is 9.84 Å². The Morgan fingerprint density at radius 3 is 2.34 bits per heavy atom. The first-order valence-electron chi connectivity index (χ1n) is 13.5. The Bertz CT molecular complexity index is 1120. The predicted molar refractivity (Wildman–Crippen MR) is 141 cm³/mol. The van der Waals surface area contributed by atoms with Gasteiger partial charge in [0.25, 0.3) is 0 Å². The number of aryl methyl sites for hydroxylation is 1. The van der Waals surface area contributed by atoms with E-state index in [1.807, 2.05) is 37.8 Å². The van der Waals surface area contributed by atoms with E-state index in [0.29, 0.717) is 18.0 Å². The number of ether oxygens (including phenoxy) is 1. The Balaban J connectivity index is 1.28. The summed E-state index contributed by atoms with van der Waals surface area (Å²) in [5.74, 6) is -2.29. The van der Waals surface area contributed by atoms with E-state index >= 15 is 0 Å². The quantitative estimate of drug-likeness (QED) is 0.426. The predicted octanol–water partition coefficient (Wildman–Crippen LogP) is 6.10. The molecule has 1 saturated carbocycles. The van der Waals surface area contributed by atoms with Crippen molar-refractivity contribution in [3.8, 4) is 0 Å². The lowest BCUT2D eigenvalue weighted by Crippen LogP contribution is -2.44. The van der Waals surface area contributed by atoms with E-state index in [0.717, 1.165) is 68.9 Å². The minimum Gasteiger partial charge on any atom is -0.478 e. The van der Waals surface area contributed by atoms with Gasteiger partial charge < -0.3 is 19.6 Å². The summed E-state index contributed by atoms with van der Waals surface area (Å²) < 4.78 is 32.9. The molecule has 2 aromatic carbocycles. The first kappa shape index (κ1) is 28.0. The van der Waals surface area contributed by atoms with Crippen LogP contribution in [0.15, 0.2) is 42.5 Å². The first-order valence-corrected chi connectivity index (χ1v) is 13.5. The second-order valence-electron chi connectivity index (χ2n) is 11.6. The van der Waals surface area contributed by atoms with Crippen molar-refractivity contribution >= 4 is 12.1 Å². The van der Waals surface area contributed by atoms with Gasteiger partial charge in [0.05, 0.1) is 5.56 Å². The Morgan fingerprint density at radius 2 is 1.74 bits per heavy atom. The van der Waals surface area contributed by atoms with Crippen molar-refractivity contribution in [3.63, 3.8) is 0 Å². The lowest BCUT2D eigenvalue weighted by Gasteiger charge is -2.36. The molecule has 4 rings (SSSR count). The van der Waals surface area contributed by atoms with Crippen molar-refractivity contribution in [2.24, 2.45) is 5.92 Å². The van der Waals surface area contributed by atoms with Crippen molar-refractivity contribution in [1.82, 2.24) is 9.80 Å². The number of hydrogen-bond donors (Lipinski definition) is 1. The van der Waals surface area contributed by atoms with Crippen LogP contribution in [0.3, 0.4) is 0 Å². The maximum absolute atomic E-state index is 13.8. The molecule has 2 atom stereocenters. The Morgan fingerprint density at radius 1 is 1.05 bits per heavy atom. The molecule has 1 aliphatic heterocycles. The highest BCUT2D eigenvalue weighted by Crippen LogP contribution is 2.46. The molecule has 0 spiro atoms. The van der Waals surface area contributed by atoms with E-state index in [9.17, 15) is 18.4 Å². The smallest absolute Gasteiger partial charge is 0.410 e. The SMILES string of the molecule is CC(C)(C)OC(=O)N(CC1CCN(CCCc2ccc(C(=O)O)cc2)CC1)C1CC1c1ccc(F)c(F)c1. The molecule has 1 heterocycles. The summed E-state index contributed by atoms with van der Waals surface area (Å²) in [5.41, 5.74) is 1.55. The van der Waals surface area contributed by atoms with Crippen LogP contribution in [0.4, 0.5) is 13.6 Å². The molecular weight excluding hydrogens is 490 g/mol. The van der Waals surface area contributed by atoms with Gasteiger partial charge in [-0.3, -0.25) is 0 Å². The van der Waals surface area contributed by atoms with Gasteiger partial charge in [0, 0.05) is 18.5 Å². The topological polar surface area (TPSA) is 70.1 Å². The normalized spacial score (nSPS) is 20.2. The number of carboxylic acids is 1. The highest BCUT2D eigenvalue weighted by Gasteiger charge is 2.47. The van der Waals surface area contributed by atoms with Crippen molar-refractivity contribution < 1.29 is 28.2 Å².